The number of amides is 1. The van der Waals surface area contributed by atoms with E-state index in [2.05, 4.69) is 5.32 Å². The number of anilines is 1. The normalized spacial score (nSPS) is 25.0. The number of ketones is 2. The van der Waals surface area contributed by atoms with Gasteiger partial charge in [0.2, 0.25) is 5.78 Å². The molecular formula is C31H35FN4O7. The van der Waals surface area contributed by atoms with Crippen LogP contribution in [-0.4, -0.2) is 82.6 Å². The smallest absolute Gasteiger partial charge is 0.255 e. The minimum Gasteiger partial charge on any atom is -0.508 e. The summed E-state index contributed by atoms with van der Waals surface area (Å²) in [5.41, 5.74) is 3.63. The van der Waals surface area contributed by atoms with Crippen molar-refractivity contribution in [3.63, 3.8) is 0 Å². The van der Waals surface area contributed by atoms with Crippen LogP contribution >= 0.6 is 0 Å². The number of Topliss-reactive ketones (excluding diaryl/α,β-unsaturated/α-hetero) is 2. The molecule has 0 saturated heterocycles. The number of nitrogens with two attached hydrogens (primary N) is 1. The SMILES string of the molecule is CN(C)c1cc(CNCc2ccccc2F)c(O)c2c1CC1CC3[C@H](N(C)C)C(=O)C(C(N)=O)=C(O)[C@@]3(O)C(=O)C1=C2O. The number of rotatable bonds is 7. The molecule has 11 nitrogen and oxygen atoms in total. The Kier molecular flexibility index (Phi) is 7.57. The van der Waals surface area contributed by atoms with E-state index < -0.39 is 58.0 Å². The van der Waals surface area contributed by atoms with E-state index in [4.69, 9.17) is 5.73 Å². The number of hydrogen-bond donors (Lipinski definition) is 6. The second-order valence-corrected chi connectivity index (χ2v) is 11.8. The zero-order valence-electron chi connectivity index (χ0n) is 24.3. The number of benzene rings is 2. The van der Waals surface area contributed by atoms with Crippen LogP contribution in [0.5, 0.6) is 5.75 Å². The highest BCUT2D eigenvalue weighted by atomic mass is 19.1. The summed E-state index contributed by atoms with van der Waals surface area (Å²) in [6.45, 7) is 0.264. The molecule has 0 heterocycles. The molecule has 2 aromatic rings. The number of aromatic hydroxyl groups is 1. The molecule has 1 amide bonds. The Labute approximate surface area is 247 Å². The minimum atomic E-state index is -2.70. The Morgan fingerprint density at radius 1 is 1.09 bits per heavy atom. The lowest BCUT2D eigenvalue weighted by Crippen LogP contribution is -2.65. The molecule has 0 spiro atoms. The molecule has 43 heavy (non-hydrogen) atoms. The first-order valence-corrected chi connectivity index (χ1v) is 13.9. The topological polar surface area (TPSA) is 177 Å². The third-order valence-electron chi connectivity index (χ3n) is 8.85. The first-order valence-electron chi connectivity index (χ1n) is 13.9. The van der Waals surface area contributed by atoms with Crippen LogP contribution in [0.4, 0.5) is 10.1 Å². The number of phenols is 1. The second kappa shape index (κ2) is 10.8. The minimum absolute atomic E-state index is 0.00480. The van der Waals surface area contributed by atoms with E-state index in [1.54, 1.807) is 57.4 Å². The molecule has 0 aliphatic heterocycles. The number of aliphatic hydroxyl groups excluding tert-OH is 2. The molecule has 5 rings (SSSR count). The molecule has 3 aliphatic rings. The van der Waals surface area contributed by atoms with Crippen LogP contribution < -0.4 is 16.0 Å². The van der Waals surface area contributed by atoms with E-state index in [1.165, 1.54) is 11.0 Å². The third-order valence-corrected chi connectivity index (χ3v) is 8.85. The molecule has 2 unspecified atom stereocenters. The van der Waals surface area contributed by atoms with Gasteiger partial charge < -0.3 is 36.4 Å². The lowest BCUT2D eigenvalue weighted by Gasteiger charge is -2.50. The molecule has 0 radical (unpaired) electrons. The number of carbonyl (C=O) groups is 3. The lowest BCUT2D eigenvalue weighted by atomic mass is 9.57. The van der Waals surface area contributed by atoms with Crippen LogP contribution in [0.25, 0.3) is 5.76 Å². The van der Waals surface area contributed by atoms with Crippen molar-refractivity contribution in [2.75, 3.05) is 33.1 Å². The van der Waals surface area contributed by atoms with Gasteiger partial charge in [-0.05, 0) is 50.6 Å². The predicted octanol–water partition coefficient (Wildman–Crippen LogP) is 1.46. The van der Waals surface area contributed by atoms with Crippen LogP contribution in [0.1, 0.15) is 28.7 Å². The highest BCUT2D eigenvalue weighted by Crippen LogP contribution is 2.54. The number of halogens is 1. The summed E-state index contributed by atoms with van der Waals surface area (Å²) in [5, 5.41) is 48.9. The summed E-state index contributed by atoms with van der Waals surface area (Å²) >= 11 is 0. The van der Waals surface area contributed by atoms with Gasteiger partial charge in [-0.25, -0.2) is 4.39 Å². The number of phenolic OH excluding ortho intramolecular Hbond substituents is 1. The monoisotopic (exact) mass is 594 g/mol. The van der Waals surface area contributed by atoms with Gasteiger partial charge in [0, 0.05) is 55.5 Å². The van der Waals surface area contributed by atoms with Crippen LogP contribution in [0.3, 0.4) is 0 Å². The number of carbonyl (C=O) groups excluding carboxylic acids is 3. The maximum atomic E-state index is 14.1. The molecule has 0 aromatic heterocycles. The van der Waals surface area contributed by atoms with E-state index >= 15 is 0 Å². The fourth-order valence-electron chi connectivity index (χ4n) is 6.85. The summed E-state index contributed by atoms with van der Waals surface area (Å²) in [6.07, 6.45) is 0.184. The van der Waals surface area contributed by atoms with Crippen molar-refractivity contribution in [3.8, 4) is 5.75 Å². The number of nitrogens with one attached hydrogen (secondary N) is 1. The summed E-state index contributed by atoms with van der Waals surface area (Å²) < 4.78 is 14.1. The van der Waals surface area contributed by atoms with Crippen molar-refractivity contribution in [3.05, 3.63) is 75.3 Å². The highest BCUT2D eigenvalue weighted by molar-refractivity contribution is 6.24. The number of likely N-dealkylation sites (N-methyl/N-ethyl adjacent to an activating group) is 1. The Hall–Kier alpha value is -4.26. The van der Waals surface area contributed by atoms with Gasteiger partial charge in [0.15, 0.2) is 11.4 Å². The number of fused-ring (bicyclic) bond motifs is 3. The predicted molar refractivity (Wildman–Crippen MR) is 156 cm³/mol. The standard InChI is InChI=1S/C31H35FN4O7/c1-35(2)20-11-16(13-34-12-14-7-5-6-8-19(14)32)25(37)22-17(20)9-15-10-18-24(36(3)4)27(39)23(30(33)42)29(41)31(18,43)28(40)21(15)26(22)38/h5-8,11,15,18,24,34,37-38,41,43H,9-10,12-13H2,1-4H3,(H2,33,42)/t15?,18?,24-,31-/m0/s1. The molecule has 2 aromatic carbocycles. The maximum absolute atomic E-state index is 14.1. The van der Waals surface area contributed by atoms with Crippen molar-refractivity contribution in [1.82, 2.24) is 10.2 Å². The van der Waals surface area contributed by atoms with Crippen molar-refractivity contribution < 1.29 is 39.2 Å². The van der Waals surface area contributed by atoms with Crippen molar-refractivity contribution in [2.24, 2.45) is 17.6 Å². The zero-order valence-corrected chi connectivity index (χ0v) is 24.3. The van der Waals surface area contributed by atoms with Gasteiger partial charge in [0.05, 0.1) is 11.6 Å². The van der Waals surface area contributed by atoms with E-state index in [1.807, 2.05) is 0 Å². The fraction of sp³-hybridized carbons (Fsp3) is 0.387. The van der Waals surface area contributed by atoms with E-state index in [9.17, 15) is 39.2 Å². The Morgan fingerprint density at radius 2 is 1.74 bits per heavy atom. The molecule has 0 bridgehead atoms. The molecule has 4 atom stereocenters. The highest BCUT2D eigenvalue weighted by Gasteiger charge is 2.64. The van der Waals surface area contributed by atoms with Gasteiger partial charge in [-0.2, -0.15) is 0 Å². The van der Waals surface area contributed by atoms with Crippen molar-refractivity contribution >= 4 is 28.9 Å². The Balaban J connectivity index is 1.62. The summed E-state index contributed by atoms with van der Waals surface area (Å²) in [7, 11) is 6.69. The van der Waals surface area contributed by atoms with Crippen molar-refractivity contribution in [2.45, 2.75) is 37.6 Å². The number of primary amides is 1. The van der Waals surface area contributed by atoms with Gasteiger partial charge in [0.1, 0.15) is 28.7 Å². The summed E-state index contributed by atoms with van der Waals surface area (Å²) in [5.74, 6) is -7.35. The molecule has 228 valence electrons. The van der Waals surface area contributed by atoms with E-state index in [-0.39, 0.29) is 48.6 Å². The molecule has 1 saturated carbocycles. The molecular weight excluding hydrogens is 559 g/mol. The maximum Gasteiger partial charge on any atom is 0.255 e. The quantitative estimate of drug-likeness (QED) is 0.257. The van der Waals surface area contributed by atoms with Crippen LogP contribution in [-0.2, 0) is 33.9 Å². The number of nitrogens with zero attached hydrogens (tertiary/aromatic N) is 2. The Bertz CT molecular complexity index is 1620. The fourth-order valence-corrected chi connectivity index (χ4v) is 6.85. The van der Waals surface area contributed by atoms with Crippen LogP contribution in [0, 0.1) is 17.7 Å². The van der Waals surface area contributed by atoms with Gasteiger partial charge in [-0.3, -0.25) is 19.3 Å². The summed E-state index contributed by atoms with van der Waals surface area (Å²) in [4.78, 5) is 42.8. The molecule has 12 heteroatoms. The van der Waals surface area contributed by atoms with Gasteiger partial charge in [0.25, 0.3) is 5.91 Å². The number of hydrogen-bond acceptors (Lipinski definition) is 10. The first kappa shape index (κ1) is 30.2. The zero-order chi connectivity index (χ0) is 31.5. The molecule has 3 aliphatic carbocycles. The molecule has 1 fully saturated rings. The Morgan fingerprint density at radius 3 is 2.35 bits per heavy atom. The largest absolute Gasteiger partial charge is 0.508 e. The number of aliphatic hydroxyl groups is 3. The van der Waals surface area contributed by atoms with Crippen LogP contribution in [0.15, 0.2) is 47.2 Å². The van der Waals surface area contributed by atoms with Crippen molar-refractivity contribution in [1.29, 1.82) is 0 Å². The van der Waals surface area contributed by atoms with Gasteiger partial charge >= 0.3 is 0 Å². The third kappa shape index (κ3) is 4.57. The van der Waals surface area contributed by atoms with E-state index in [0.29, 0.717) is 22.4 Å². The molecule has 7 N–H and O–H groups in total. The van der Waals surface area contributed by atoms with Gasteiger partial charge in [-0.1, -0.05) is 18.2 Å². The van der Waals surface area contributed by atoms with Gasteiger partial charge in [-0.15, -0.1) is 0 Å². The van der Waals surface area contributed by atoms with E-state index in [0.717, 1.165) is 0 Å². The average Bonchev–Trinajstić information content (AvgIpc) is 2.92. The average molecular weight is 595 g/mol. The summed E-state index contributed by atoms with van der Waals surface area (Å²) in [6, 6.07) is 6.88. The second-order valence-electron chi connectivity index (χ2n) is 11.8. The lowest BCUT2D eigenvalue weighted by molar-refractivity contribution is -0.153. The first-order chi connectivity index (χ1) is 20.2. The van der Waals surface area contributed by atoms with Crippen LogP contribution in [0.2, 0.25) is 0 Å².